The molecule has 0 radical (unpaired) electrons. The van der Waals surface area contributed by atoms with E-state index in [1.807, 2.05) is 0 Å². The predicted octanol–water partition coefficient (Wildman–Crippen LogP) is -1.37. The molecule has 0 unspecified atom stereocenters. The van der Waals surface area contributed by atoms with Crippen LogP contribution in [0.3, 0.4) is 0 Å². The van der Waals surface area contributed by atoms with Crippen LogP contribution in [0.1, 0.15) is 5.56 Å². The van der Waals surface area contributed by atoms with Gasteiger partial charge in [-0.15, -0.1) is 0 Å². The maximum absolute atomic E-state index is 12.4. The smallest absolute Gasteiger partial charge is 0.500 e. The Morgan fingerprint density at radius 2 is 1.93 bits per heavy atom. The van der Waals surface area contributed by atoms with Gasteiger partial charge in [-0.1, -0.05) is 11.5 Å². The van der Waals surface area contributed by atoms with Gasteiger partial charge >= 0.3 is 58.4 Å². The summed E-state index contributed by atoms with van der Waals surface area (Å²) in [6, 6.07) is 4.86. The van der Waals surface area contributed by atoms with Crippen molar-refractivity contribution >= 4 is 12.4 Å². The maximum atomic E-state index is 12.4. The Bertz CT molecular complexity index is 388. The van der Waals surface area contributed by atoms with E-state index in [1.165, 1.54) is 6.07 Å². The number of nitrogens with zero attached hydrogens (tertiary/aromatic N) is 1. The second-order valence-electron chi connectivity index (χ2n) is 2.64. The van der Waals surface area contributed by atoms with Crippen molar-refractivity contribution in [3.8, 4) is 11.8 Å². The van der Waals surface area contributed by atoms with Crippen LogP contribution in [0, 0.1) is 11.3 Å². The zero-order valence-corrected chi connectivity index (χ0v) is 11.4. The summed E-state index contributed by atoms with van der Waals surface area (Å²) in [6.45, 7) is -5.14. The summed E-state index contributed by atoms with van der Waals surface area (Å²) in [5, 5.41) is 8.44. The molecule has 0 N–H and O–H groups in total. The topological polar surface area (TPSA) is 33.0 Å². The first-order chi connectivity index (χ1) is 6.49. The second-order valence-corrected chi connectivity index (χ2v) is 2.64. The number of halogens is 3. The number of methoxy groups -OCH3 is 1. The van der Waals surface area contributed by atoms with E-state index < -0.39 is 12.4 Å². The molecule has 0 aromatic heterocycles. The first-order valence-corrected chi connectivity index (χ1v) is 3.77. The van der Waals surface area contributed by atoms with Gasteiger partial charge < -0.3 is 17.7 Å². The van der Waals surface area contributed by atoms with Gasteiger partial charge in [0.2, 0.25) is 0 Å². The average molecular weight is 239 g/mol. The Hall–Kier alpha value is 0.00130. The molecule has 0 aliphatic carbocycles. The molecule has 0 aliphatic heterocycles. The van der Waals surface area contributed by atoms with Gasteiger partial charge in [-0.05, 0) is 12.1 Å². The van der Waals surface area contributed by atoms with Crippen molar-refractivity contribution in [2.75, 3.05) is 7.11 Å². The standard InChI is InChI=1S/C8H6BF3NO.K/c1-14-8-3-2-6(5-13)4-7(8)9(10,11)12;/h2-4H,1H3;/q-1;+1. The van der Waals surface area contributed by atoms with Crippen molar-refractivity contribution in [2.24, 2.45) is 0 Å². The molecular weight excluding hydrogens is 233 g/mol. The van der Waals surface area contributed by atoms with Crippen LogP contribution in [-0.4, -0.2) is 14.1 Å². The number of benzene rings is 1. The van der Waals surface area contributed by atoms with Crippen LogP contribution >= 0.6 is 0 Å². The fourth-order valence-electron chi connectivity index (χ4n) is 1.06. The summed E-state index contributed by atoms with van der Waals surface area (Å²) in [4.78, 5) is 0. The number of rotatable bonds is 2. The minimum absolute atomic E-state index is 0. The van der Waals surface area contributed by atoms with Gasteiger partial charge in [0.1, 0.15) is 0 Å². The molecule has 15 heavy (non-hydrogen) atoms. The summed E-state index contributed by atoms with van der Waals surface area (Å²) in [6.07, 6.45) is 0. The van der Waals surface area contributed by atoms with Crippen LogP contribution in [0.5, 0.6) is 5.75 Å². The third-order valence-corrected chi connectivity index (χ3v) is 1.71. The zero-order valence-electron chi connectivity index (χ0n) is 8.30. The van der Waals surface area contributed by atoms with Crippen molar-refractivity contribution in [1.29, 1.82) is 5.26 Å². The summed E-state index contributed by atoms with van der Waals surface area (Å²) >= 11 is 0. The van der Waals surface area contributed by atoms with Gasteiger partial charge in [0.25, 0.3) is 0 Å². The van der Waals surface area contributed by atoms with Crippen molar-refractivity contribution in [3.63, 3.8) is 0 Å². The molecule has 2 nitrogen and oxygen atoms in total. The van der Waals surface area contributed by atoms with Crippen molar-refractivity contribution in [1.82, 2.24) is 0 Å². The molecule has 0 saturated heterocycles. The SMILES string of the molecule is COc1ccc(C#N)cc1[B-](F)(F)F.[K+]. The van der Waals surface area contributed by atoms with Crippen LogP contribution in [0.15, 0.2) is 18.2 Å². The molecule has 0 atom stereocenters. The molecule has 7 heteroatoms. The monoisotopic (exact) mass is 239 g/mol. The van der Waals surface area contributed by atoms with Crippen molar-refractivity contribution in [2.45, 2.75) is 0 Å². The summed E-state index contributed by atoms with van der Waals surface area (Å²) in [7, 11) is 1.16. The summed E-state index contributed by atoms with van der Waals surface area (Å²) in [5.74, 6) is -0.253. The third-order valence-electron chi connectivity index (χ3n) is 1.71. The molecule has 1 aromatic carbocycles. The van der Waals surface area contributed by atoms with E-state index >= 15 is 0 Å². The van der Waals surface area contributed by atoms with E-state index in [4.69, 9.17) is 5.26 Å². The first-order valence-electron chi connectivity index (χ1n) is 3.77. The number of nitriles is 1. The van der Waals surface area contributed by atoms with Gasteiger partial charge in [0.05, 0.1) is 18.9 Å². The molecule has 0 fully saturated rings. The Labute approximate surface area is 128 Å². The minimum atomic E-state index is -5.14. The number of hydrogen-bond acceptors (Lipinski definition) is 2. The largest absolute Gasteiger partial charge is 1.00 e. The number of hydrogen-bond donors (Lipinski definition) is 0. The van der Waals surface area contributed by atoms with Crippen LogP contribution < -0.4 is 61.6 Å². The van der Waals surface area contributed by atoms with Gasteiger partial charge in [-0.25, -0.2) is 0 Å². The third kappa shape index (κ3) is 3.81. The van der Waals surface area contributed by atoms with Crippen molar-refractivity contribution in [3.05, 3.63) is 23.8 Å². The van der Waals surface area contributed by atoms with E-state index in [-0.39, 0.29) is 62.7 Å². The summed E-state index contributed by atoms with van der Waals surface area (Å²) < 4.78 is 41.8. The molecule has 1 rings (SSSR count). The van der Waals surface area contributed by atoms with Crippen LogP contribution in [0.4, 0.5) is 12.9 Å². The van der Waals surface area contributed by atoms with Gasteiger partial charge in [-0.2, -0.15) is 5.26 Å². The fraction of sp³-hybridized carbons (Fsp3) is 0.125. The molecular formula is C8H6BF3KNO. The molecule has 0 aliphatic rings. The fourth-order valence-corrected chi connectivity index (χ4v) is 1.06. The van der Waals surface area contributed by atoms with Gasteiger partial charge in [0, 0.05) is 5.56 Å². The minimum Gasteiger partial charge on any atom is -0.500 e. The molecule has 1 aromatic rings. The zero-order chi connectivity index (χ0) is 10.8. The predicted molar refractivity (Wildman–Crippen MR) is 46.4 cm³/mol. The molecule has 0 saturated carbocycles. The van der Waals surface area contributed by atoms with E-state index in [0.717, 1.165) is 19.2 Å². The Balaban J connectivity index is 0.00000196. The van der Waals surface area contributed by atoms with Crippen LogP contribution in [0.2, 0.25) is 0 Å². The van der Waals surface area contributed by atoms with Crippen molar-refractivity contribution < 1.29 is 69.1 Å². The second kappa shape index (κ2) is 5.92. The first kappa shape index (κ1) is 15.0. The van der Waals surface area contributed by atoms with Gasteiger partial charge in [-0.3, -0.25) is 0 Å². The number of ether oxygens (including phenoxy) is 1. The van der Waals surface area contributed by atoms with Crippen LogP contribution in [-0.2, 0) is 0 Å². The Kier molecular flexibility index (Phi) is 5.92. The van der Waals surface area contributed by atoms with E-state index in [1.54, 1.807) is 6.07 Å². The Morgan fingerprint density at radius 3 is 2.33 bits per heavy atom. The average Bonchev–Trinajstić information content (AvgIpc) is 2.15. The van der Waals surface area contributed by atoms with E-state index in [9.17, 15) is 12.9 Å². The molecule has 0 spiro atoms. The Morgan fingerprint density at radius 1 is 1.33 bits per heavy atom. The van der Waals surface area contributed by atoms with Gasteiger partial charge in [0.15, 0.2) is 0 Å². The quantitative estimate of drug-likeness (QED) is 0.596. The van der Waals surface area contributed by atoms with Crippen LogP contribution in [0.25, 0.3) is 0 Å². The molecule has 0 amide bonds. The summed E-state index contributed by atoms with van der Waals surface area (Å²) in [5.41, 5.74) is -0.897. The molecule has 74 valence electrons. The van der Waals surface area contributed by atoms with E-state index in [2.05, 4.69) is 4.74 Å². The molecule has 0 heterocycles. The van der Waals surface area contributed by atoms with E-state index in [0.29, 0.717) is 0 Å². The maximum Gasteiger partial charge on any atom is 1.00 e. The normalized spacial score (nSPS) is 10.1. The molecule has 0 bridgehead atoms.